The highest BCUT2D eigenvalue weighted by Gasteiger charge is 2.30. The van der Waals surface area contributed by atoms with Crippen molar-refractivity contribution in [2.45, 2.75) is 25.9 Å². The van der Waals surface area contributed by atoms with E-state index in [1.807, 2.05) is 13.8 Å². The van der Waals surface area contributed by atoms with E-state index in [1.165, 1.54) is 12.1 Å². The van der Waals surface area contributed by atoms with E-state index in [0.29, 0.717) is 5.69 Å². The molecule has 0 bridgehead atoms. The van der Waals surface area contributed by atoms with E-state index in [-0.39, 0.29) is 11.5 Å². The molecule has 1 amide bonds. The lowest BCUT2D eigenvalue weighted by molar-refractivity contribution is -0.137. The van der Waals surface area contributed by atoms with Crippen LogP contribution in [-0.4, -0.2) is 33.3 Å². The highest BCUT2D eigenvalue weighted by Crippen LogP contribution is 2.29. The topological polar surface area (TPSA) is 78.8 Å². The fourth-order valence-corrected chi connectivity index (χ4v) is 3.42. The summed E-state index contributed by atoms with van der Waals surface area (Å²) in [4.78, 5) is 12.2. The maximum atomic E-state index is 12.7. The minimum atomic E-state index is -4.49. The molecular weight excluding hydrogens is 419 g/mol. The van der Waals surface area contributed by atoms with Gasteiger partial charge in [0.1, 0.15) is 6.54 Å². The number of carbonyl (C=O) groups is 1. The molecule has 0 heterocycles. The van der Waals surface area contributed by atoms with Crippen LogP contribution in [0, 0.1) is 0 Å². The van der Waals surface area contributed by atoms with Crippen LogP contribution in [0.4, 0.5) is 18.9 Å². The van der Waals surface area contributed by atoms with Gasteiger partial charge in [-0.1, -0.05) is 38.1 Å². The minimum Gasteiger partial charge on any atom is -0.271 e. The molecule has 0 spiro atoms. The standard InChI is InChI=1S/C20H22F3N3O3S/c1-14(2)16-7-9-18(10-8-16)26(30(3,28)29)13-19(27)25-24-12-15-5-4-6-17(11-15)20(21,22)23/h4-12,14H,13H2,1-3H3,(H,25,27)/b24-12-. The zero-order valence-corrected chi connectivity index (χ0v) is 17.5. The second kappa shape index (κ2) is 9.29. The molecule has 6 nitrogen and oxygen atoms in total. The van der Waals surface area contributed by atoms with Crippen LogP contribution in [0.2, 0.25) is 0 Å². The number of sulfonamides is 1. The number of hydrogen-bond acceptors (Lipinski definition) is 4. The second-order valence-electron chi connectivity index (χ2n) is 6.93. The van der Waals surface area contributed by atoms with Gasteiger partial charge in [-0.05, 0) is 41.3 Å². The van der Waals surface area contributed by atoms with Crippen molar-refractivity contribution in [2.24, 2.45) is 5.10 Å². The number of carbonyl (C=O) groups excluding carboxylic acids is 1. The first-order valence-corrected chi connectivity index (χ1v) is 10.8. The molecule has 0 aromatic heterocycles. The Morgan fingerprint density at radius 1 is 1.17 bits per heavy atom. The van der Waals surface area contributed by atoms with Gasteiger partial charge in [0.05, 0.1) is 23.7 Å². The van der Waals surface area contributed by atoms with E-state index in [4.69, 9.17) is 0 Å². The number of nitrogens with one attached hydrogen (secondary N) is 1. The highest BCUT2D eigenvalue weighted by molar-refractivity contribution is 7.92. The molecule has 0 aliphatic carbocycles. The van der Waals surface area contributed by atoms with E-state index >= 15 is 0 Å². The number of amides is 1. The molecule has 0 unspecified atom stereocenters. The quantitative estimate of drug-likeness (QED) is 0.525. The van der Waals surface area contributed by atoms with Crippen LogP contribution in [0.15, 0.2) is 53.6 Å². The third-order valence-electron chi connectivity index (χ3n) is 4.15. The Morgan fingerprint density at radius 2 is 1.80 bits per heavy atom. The van der Waals surface area contributed by atoms with E-state index in [9.17, 15) is 26.4 Å². The van der Waals surface area contributed by atoms with Crippen molar-refractivity contribution < 1.29 is 26.4 Å². The molecule has 0 aliphatic rings. The van der Waals surface area contributed by atoms with Gasteiger partial charge in [0.2, 0.25) is 10.0 Å². The predicted molar refractivity (Wildman–Crippen MR) is 110 cm³/mol. The molecule has 0 saturated carbocycles. The minimum absolute atomic E-state index is 0.134. The van der Waals surface area contributed by atoms with Crippen LogP contribution in [0.1, 0.15) is 36.5 Å². The molecule has 2 rings (SSSR count). The summed E-state index contributed by atoms with van der Waals surface area (Å²) in [5.41, 5.74) is 2.76. The highest BCUT2D eigenvalue weighted by atomic mass is 32.2. The summed E-state index contributed by atoms with van der Waals surface area (Å²) in [6.45, 7) is 3.47. The van der Waals surface area contributed by atoms with Gasteiger partial charge in [0.15, 0.2) is 0 Å². The predicted octanol–water partition coefficient (Wildman–Crippen LogP) is 3.75. The summed E-state index contributed by atoms with van der Waals surface area (Å²) in [5, 5.41) is 3.62. The van der Waals surface area contributed by atoms with Gasteiger partial charge in [-0.25, -0.2) is 13.8 Å². The third kappa shape index (κ3) is 6.58. The van der Waals surface area contributed by atoms with Crippen molar-refractivity contribution in [3.05, 3.63) is 65.2 Å². The largest absolute Gasteiger partial charge is 0.416 e. The first-order valence-electron chi connectivity index (χ1n) is 8.95. The van der Waals surface area contributed by atoms with Crippen molar-refractivity contribution in [3.63, 3.8) is 0 Å². The lowest BCUT2D eigenvalue weighted by Gasteiger charge is -2.21. The first kappa shape index (κ1) is 23.4. The Bertz CT molecular complexity index is 1020. The number of hydrogen-bond donors (Lipinski definition) is 1. The first-order chi connectivity index (χ1) is 13.9. The zero-order chi connectivity index (χ0) is 22.5. The average Bonchev–Trinajstić information content (AvgIpc) is 2.65. The number of nitrogens with zero attached hydrogens (tertiary/aromatic N) is 2. The molecule has 162 valence electrons. The van der Waals surface area contributed by atoms with E-state index in [1.54, 1.807) is 24.3 Å². The van der Waals surface area contributed by atoms with Gasteiger partial charge >= 0.3 is 6.18 Å². The zero-order valence-electron chi connectivity index (χ0n) is 16.6. The van der Waals surface area contributed by atoms with Crippen LogP contribution in [0.5, 0.6) is 0 Å². The fourth-order valence-electron chi connectivity index (χ4n) is 2.57. The molecule has 0 fully saturated rings. The lowest BCUT2D eigenvalue weighted by atomic mass is 10.0. The second-order valence-corrected chi connectivity index (χ2v) is 8.84. The maximum Gasteiger partial charge on any atom is 0.416 e. The number of hydrazone groups is 1. The van der Waals surface area contributed by atoms with Crippen molar-refractivity contribution in [2.75, 3.05) is 17.1 Å². The van der Waals surface area contributed by atoms with Gasteiger partial charge in [-0.2, -0.15) is 18.3 Å². The Labute approximate surface area is 173 Å². The van der Waals surface area contributed by atoms with Crippen molar-refractivity contribution in [3.8, 4) is 0 Å². The van der Waals surface area contributed by atoms with Crippen LogP contribution < -0.4 is 9.73 Å². The Kier molecular flexibility index (Phi) is 7.25. The van der Waals surface area contributed by atoms with E-state index in [0.717, 1.165) is 34.5 Å². The van der Waals surface area contributed by atoms with Gasteiger partial charge < -0.3 is 0 Å². The summed E-state index contributed by atoms with van der Waals surface area (Å²) in [6.07, 6.45) is -2.47. The van der Waals surface area contributed by atoms with Gasteiger partial charge in [-0.15, -0.1) is 0 Å². The molecule has 0 saturated heterocycles. The summed E-state index contributed by atoms with van der Waals surface area (Å²) in [5.74, 6) is -0.476. The van der Waals surface area contributed by atoms with E-state index < -0.39 is 34.2 Å². The van der Waals surface area contributed by atoms with Crippen LogP contribution in [-0.2, 0) is 21.0 Å². The van der Waals surface area contributed by atoms with Crippen molar-refractivity contribution >= 4 is 27.8 Å². The number of anilines is 1. The summed E-state index contributed by atoms with van der Waals surface area (Å²) in [6, 6.07) is 11.2. The van der Waals surface area contributed by atoms with E-state index in [2.05, 4.69) is 10.5 Å². The Balaban J connectivity index is 2.09. The Hall–Kier alpha value is -2.88. The molecule has 0 radical (unpaired) electrons. The number of alkyl halides is 3. The van der Waals surface area contributed by atoms with Crippen molar-refractivity contribution in [1.29, 1.82) is 0 Å². The van der Waals surface area contributed by atoms with Crippen LogP contribution >= 0.6 is 0 Å². The number of benzene rings is 2. The number of rotatable bonds is 7. The summed E-state index contributed by atoms with van der Waals surface area (Å²) in [7, 11) is -3.75. The van der Waals surface area contributed by atoms with Gasteiger partial charge in [0.25, 0.3) is 5.91 Å². The average molecular weight is 441 g/mol. The van der Waals surface area contributed by atoms with Crippen molar-refractivity contribution in [1.82, 2.24) is 5.43 Å². The molecule has 30 heavy (non-hydrogen) atoms. The molecule has 1 N–H and O–H groups in total. The smallest absolute Gasteiger partial charge is 0.271 e. The summed E-state index contributed by atoms with van der Waals surface area (Å²) < 4.78 is 63.3. The fraction of sp³-hybridized carbons (Fsp3) is 0.300. The molecule has 0 aliphatic heterocycles. The van der Waals surface area contributed by atoms with Gasteiger partial charge in [0, 0.05) is 0 Å². The summed E-state index contributed by atoms with van der Waals surface area (Å²) >= 11 is 0. The normalized spacial score (nSPS) is 12.4. The molecule has 0 atom stereocenters. The van der Waals surface area contributed by atoms with Gasteiger partial charge in [-0.3, -0.25) is 9.10 Å². The SMILES string of the molecule is CC(C)c1ccc(N(CC(=O)N/N=C\c2cccc(C(F)(F)F)c2)S(C)(=O)=O)cc1. The third-order valence-corrected chi connectivity index (χ3v) is 5.29. The molecule has 2 aromatic carbocycles. The monoisotopic (exact) mass is 441 g/mol. The van der Waals surface area contributed by atoms with Crippen LogP contribution in [0.25, 0.3) is 0 Å². The molecule has 10 heteroatoms. The number of halogens is 3. The molecular formula is C20H22F3N3O3S. The lowest BCUT2D eigenvalue weighted by Crippen LogP contribution is -2.39. The Morgan fingerprint density at radius 3 is 2.33 bits per heavy atom. The van der Waals surface area contributed by atoms with Crippen LogP contribution in [0.3, 0.4) is 0 Å². The molecule has 2 aromatic rings. The maximum absolute atomic E-state index is 12.7.